The average Bonchev–Trinajstić information content (AvgIpc) is 3.22. The minimum absolute atomic E-state index is 0.0707. The van der Waals surface area contributed by atoms with Gasteiger partial charge in [0.2, 0.25) is 5.91 Å². The molecule has 0 aliphatic carbocycles. The van der Waals surface area contributed by atoms with Crippen molar-refractivity contribution in [3.63, 3.8) is 0 Å². The van der Waals surface area contributed by atoms with Crippen molar-refractivity contribution in [1.29, 1.82) is 0 Å². The van der Waals surface area contributed by atoms with Crippen molar-refractivity contribution < 1.29 is 9.53 Å². The second-order valence-electron chi connectivity index (χ2n) is 8.07. The number of carbonyl (C=O) groups excluding carboxylic acids is 1. The first-order chi connectivity index (χ1) is 14.1. The standard InChI is InChI=1S/C24H31N3O2/c1-3-19-4-7-22(8-5-19)25-24(28)18(2)27-13-11-26(12-14-27)17-20-6-9-23-21(16-20)10-15-29-23/h4-9,16,18H,3,10-15,17H2,1-2H3,(H,25,28). The van der Waals surface area contributed by atoms with Crippen molar-refractivity contribution in [2.75, 3.05) is 38.1 Å². The third-order valence-corrected chi connectivity index (χ3v) is 6.12. The lowest BCUT2D eigenvalue weighted by Gasteiger charge is -2.37. The second-order valence-corrected chi connectivity index (χ2v) is 8.07. The summed E-state index contributed by atoms with van der Waals surface area (Å²) in [5, 5.41) is 3.06. The van der Waals surface area contributed by atoms with Gasteiger partial charge in [0, 0.05) is 44.8 Å². The van der Waals surface area contributed by atoms with Gasteiger partial charge in [0.25, 0.3) is 0 Å². The summed E-state index contributed by atoms with van der Waals surface area (Å²) in [6.07, 6.45) is 2.03. The zero-order chi connectivity index (χ0) is 20.2. The van der Waals surface area contributed by atoms with Crippen LogP contribution < -0.4 is 10.1 Å². The maximum Gasteiger partial charge on any atom is 0.241 e. The van der Waals surface area contributed by atoms with Gasteiger partial charge in [0.15, 0.2) is 0 Å². The number of benzene rings is 2. The van der Waals surface area contributed by atoms with Gasteiger partial charge in [-0.15, -0.1) is 0 Å². The van der Waals surface area contributed by atoms with Gasteiger partial charge in [0.05, 0.1) is 12.6 Å². The van der Waals surface area contributed by atoms with Gasteiger partial charge in [-0.1, -0.05) is 31.2 Å². The molecule has 5 heteroatoms. The molecule has 0 aromatic heterocycles. The number of hydrogen-bond donors (Lipinski definition) is 1. The minimum atomic E-state index is -0.125. The number of carbonyl (C=O) groups is 1. The summed E-state index contributed by atoms with van der Waals surface area (Å²) in [7, 11) is 0. The molecular formula is C24H31N3O2. The molecule has 2 aromatic carbocycles. The number of hydrogen-bond acceptors (Lipinski definition) is 4. The fourth-order valence-corrected chi connectivity index (χ4v) is 4.14. The highest BCUT2D eigenvalue weighted by Gasteiger charge is 2.26. The van der Waals surface area contributed by atoms with Gasteiger partial charge < -0.3 is 10.1 Å². The predicted octanol–water partition coefficient (Wildman–Crippen LogP) is 3.33. The molecule has 0 bridgehead atoms. The van der Waals surface area contributed by atoms with E-state index in [9.17, 15) is 4.79 Å². The van der Waals surface area contributed by atoms with Gasteiger partial charge in [-0.05, 0) is 48.2 Å². The van der Waals surface area contributed by atoms with Gasteiger partial charge in [0.1, 0.15) is 5.75 Å². The summed E-state index contributed by atoms with van der Waals surface area (Å²) in [6, 6.07) is 14.6. The normalized spacial score (nSPS) is 18.1. The molecule has 1 unspecified atom stereocenters. The van der Waals surface area contributed by atoms with Crippen LogP contribution in [-0.2, 0) is 24.2 Å². The fraction of sp³-hybridized carbons (Fsp3) is 0.458. The monoisotopic (exact) mass is 393 g/mol. The molecular weight excluding hydrogens is 362 g/mol. The molecule has 0 saturated carbocycles. The van der Waals surface area contributed by atoms with Gasteiger partial charge in [-0.2, -0.15) is 0 Å². The molecule has 1 atom stereocenters. The lowest BCUT2D eigenvalue weighted by Crippen LogP contribution is -2.52. The number of anilines is 1. The van der Waals surface area contributed by atoms with Crippen molar-refractivity contribution in [1.82, 2.24) is 9.80 Å². The summed E-state index contributed by atoms with van der Waals surface area (Å²) >= 11 is 0. The third kappa shape index (κ3) is 4.80. The van der Waals surface area contributed by atoms with Crippen LogP contribution in [0.25, 0.3) is 0 Å². The number of piperazine rings is 1. The third-order valence-electron chi connectivity index (χ3n) is 6.12. The first-order valence-electron chi connectivity index (χ1n) is 10.7. The topological polar surface area (TPSA) is 44.8 Å². The van der Waals surface area contributed by atoms with Crippen LogP contribution in [0.2, 0.25) is 0 Å². The Labute approximate surface area is 173 Å². The highest BCUT2D eigenvalue weighted by molar-refractivity contribution is 5.94. The van der Waals surface area contributed by atoms with E-state index in [1.165, 1.54) is 16.7 Å². The highest BCUT2D eigenvalue weighted by atomic mass is 16.5. The summed E-state index contributed by atoms with van der Waals surface area (Å²) in [4.78, 5) is 17.4. The van der Waals surface area contributed by atoms with E-state index in [2.05, 4.69) is 52.4 Å². The second kappa shape index (κ2) is 8.97. The molecule has 154 valence electrons. The van der Waals surface area contributed by atoms with Crippen LogP contribution in [0.4, 0.5) is 5.69 Å². The van der Waals surface area contributed by atoms with Gasteiger partial charge in [-0.3, -0.25) is 14.6 Å². The number of rotatable bonds is 6. The smallest absolute Gasteiger partial charge is 0.241 e. The first-order valence-corrected chi connectivity index (χ1v) is 10.7. The van der Waals surface area contributed by atoms with Crippen LogP contribution in [-0.4, -0.2) is 54.5 Å². The highest BCUT2D eigenvalue weighted by Crippen LogP contribution is 2.26. The molecule has 5 nitrogen and oxygen atoms in total. The van der Waals surface area contributed by atoms with E-state index in [-0.39, 0.29) is 11.9 Å². The fourth-order valence-electron chi connectivity index (χ4n) is 4.14. The Kier molecular flexibility index (Phi) is 6.16. The lowest BCUT2D eigenvalue weighted by molar-refractivity contribution is -0.121. The van der Waals surface area contributed by atoms with Crippen molar-refractivity contribution in [3.05, 3.63) is 59.2 Å². The number of fused-ring (bicyclic) bond motifs is 1. The molecule has 2 heterocycles. The Bertz CT molecular complexity index is 842. The van der Waals surface area contributed by atoms with E-state index in [1.807, 2.05) is 19.1 Å². The maximum absolute atomic E-state index is 12.7. The zero-order valence-electron chi connectivity index (χ0n) is 17.5. The van der Waals surface area contributed by atoms with Gasteiger partial charge in [-0.25, -0.2) is 0 Å². The molecule has 1 N–H and O–H groups in total. The first kappa shape index (κ1) is 19.9. The molecule has 0 spiro atoms. The molecule has 2 aliphatic rings. The number of amides is 1. The van der Waals surface area contributed by atoms with E-state index in [4.69, 9.17) is 4.74 Å². The maximum atomic E-state index is 12.7. The quantitative estimate of drug-likeness (QED) is 0.818. The van der Waals surface area contributed by atoms with E-state index in [0.29, 0.717) is 0 Å². The van der Waals surface area contributed by atoms with Crippen molar-refractivity contribution in [2.45, 2.75) is 39.3 Å². The lowest BCUT2D eigenvalue weighted by atomic mass is 10.1. The molecule has 1 fully saturated rings. The van der Waals surface area contributed by atoms with E-state index >= 15 is 0 Å². The molecule has 4 rings (SSSR count). The van der Waals surface area contributed by atoms with Crippen molar-refractivity contribution >= 4 is 11.6 Å². The van der Waals surface area contributed by atoms with Crippen LogP contribution in [0.5, 0.6) is 5.75 Å². The Morgan fingerprint density at radius 1 is 1.07 bits per heavy atom. The predicted molar refractivity (Wildman–Crippen MR) is 116 cm³/mol. The van der Waals surface area contributed by atoms with E-state index < -0.39 is 0 Å². The Morgan fingerprint density at radius 3 is 2.52 bits per heavy atom. The van der Waals surface area contributed by atoms with Gasteiger partial charge >= 0.3 is 0 Å². The Balaban J connectivity index is 1.26. The summed E-state index contributed by atoms with van der Waals surface area (Å²) < 4.78 is 5.60. The molecule has 2 aliphatic heterocycles. The Morgan fingerprint density at radius 2 is 1.79 bits per heavy atom. The molecule has 0 radical (unpaired) electrons. The van der Waals surface area contributed by atoms with Crippen molar-refractivity contribution in [3.8, 4) is 5.75 Å². The molecule has 2 aromatic rings. The summed E-state index contributed by atoms with van der Waals surface area (Å²) in [5.74, 6) is 1.11. The van der Waals surface area contributed by atoms with Crippen LogP contribution in [0.3, 0.4) is 0 Å². The molecule has 1 saturated heterocycles. The van der Waals surface area contributed by atoms with Crippen LogP contribution in [0, 0.1) is 0 Å². The molecule has 1 amide bonds. The number of aryl methyl sites for hydroxylation is 1. The SMILES string of the molecule is CCc1ccc(NC(=O)C(C)N2CCN(Cc3ccc4c(c3)CCO4)CC2)cc1. The number of ether oxygens (including phenoxy) is 1. The largest absolute Gasteiger partial charge is 0.493 e. The minimum Gasteiger partial charge on any atom is -0.493 e. The summed E-state index contributed by atoms with van der Waals surface area (Å²) in [5.41, 5.74) is 4.84. The Hall–Kier alpha value is -2.37. The van der Waals surface area contributed by atoms with Crippen LogP contribution >= 0.6 is 0 Å². The van der Waals surface area contributed by atoms with Crippen LogP contribution in [0.15, 0.2) is 42.5 Å². The number of nitrogens with zero attached hydrogens (tertiary/aromatic N) is 2. The van der Waals surface area contributed by atoms with Crippen LogP contribution in [0.1, 0.15) is 30.5 Å². The van der Waals surface area contributed by atoms with Crippen molar-refractivity contribution in [2.24, 2.45) is 0 Å². The average molecular weight is 394 g/mol. The zero-order valence-corrected chi connectivity index (χ0v) is 17.5. The molecule has 29 heavy (non-hydrogen) atoms. The van der Waals surface area contributed by atoms with E-state index in [0.717, 1.165) is 63.6 Å². The van der Waals surface area contributed by atoms with E-state index in [1.54, 1.807) is 0 Å². The number of nitrogens with one attached hydrogen (secondary N) is 1. The summed E-state index contributed by atoms with van der Waals surface area (Å²) in [6.45, 7) is 9.70.